The average Bonchev–Trinajstić information content (AvgIpc) is 3.46. The molecule has 7 heteroatoms. The first-order valence-electron chi connectivity index (χ1n) is 8.48. The summed E-state index contributed by atoms with van der Waals surface area (Å²) in [4.78, 5) is 28.0. The molecule has 0 radical (unpaired) electrons. The van der Waals surface area contributed by atoms with Crippen LogP contribution in [0.15, 0.2) is 47.5 Å². The van der Waals surface area contributed by atoms with E-state index in [0.717, 1.165) is 24.3 Å². The van der Waals surface area contributed by atoms with Crippen molar-refractivity contribution in [2.75, 3.05) is 19.7 Å². The van der Waals surface area contributed by atoms with E-state index in [2.05, 4.69) is 15.6 Å². The van der Waals surface area contributed by atoms with Gasteiger partial charge in [0.1, 0.15) is 12.4 Å². The summed E-state index contributed by atoms with van der Waals surface area (Å²) in [5.74, 6) is 1.23. The van der Waals surface area contributed by atoms with Crippen molar-refractivity contribution >= 4 is 6.03 Å². The van der Waals surface area contributed by atoms with Crippen LogP contribution in [0.3, 0.4) is 0 Å². The van der Waals surface area contributed by atoms with E-state index in [9.17, 15) is 9.59 Å². The monoisotopic (exact) mass is 342 g/mol. The molecule has 2 amide bonds. The molecule has 7 nitrogen and oxygen atoms in total. The van der Waals surface area contributed by atoms with Crippen molar-refractivity contribution in [1.29, 1.82) is 0 Å². The lowest BCUT2D eigenvalue weighted by molar-refractivity contribution is 0.236. The molecule has 1 aromatic heterocycles. The Labute approximate surface area is 146 Å². The van der Waals surface area contributed by atoms with E-state index in [1.807, 2.05) is 30.3 Å². The zero-order valence-electron chi connectivity index (χ0n) is 14.0. The smallest absolute Gasteiger partial charge is 0.314 e. The van der Waals surface area contributed by atoms with Crippen LogP contribution in [0.5, 0.6) is 5.75 Å². The van der Waals surface area contributed by atoms with Gasteiger partial charge in [0.2, 0.25) is 0 Å². The second-order valence-corrected chi connectivity index (χ2v) is 5.96. The van der Waals surface area contributed by atoms with Gasteiger partial charge in [0, 0.05) is 25.1 Å². The number of amides is 2. The van der Waals surface area contributed by atoms with Crippen molar-refractivity contribution in [2.45, 2.75) is 25.3 Å². The molecule has 1 fully saturated rings. The van der Waals surface area contributed by atoms with Gasteiger partial charge in [-0.05, 0) is 25.0 Å². The van der Waals surface area contributed by atoms with Crippen LogP contribution in [0.25, 0.3) is 0 Å². The SMILES string of the molecule is O=C(NCCOc1ccccc1)NCCn1cnc(C2CC2)cc1=O. The molecule has 132 valence electrons. The normalized spacial score (nSPS) is 13.3. The van der Waals surface area contributed by atoms with Crippen molar-refractivity contribution in [1.82, 2.24) is 20.2 Å². The van der Waals surface area contributed by atoms with Gasteiger partial charge in [-0.1, -0.05) is 18.2 Å². The number of aromatic nitrogens is 2. The third-order valence-electron chi connectivity index (χ3n) is 3.93. The van der Waals surface area contributed by atoms with E-state index in [1.165, 1.54) is 4.57 Å². The van der Waals surface area contributed by atoms with Crippen LogP contribution in [-0.2, 0) is 6.54 Å². The summed E-state index contributed by atoms with van der Waals surface area (Å²) in [6, 6.07) is 10.7. The van der Waals surface area contributed by atoms with Gasteiger partial charge in [0.25, 0.3) is 5.56 Å². The maximum absolute atomic E-state index is 12.0. The summed E-state index contributed by atoms with van der Waals surface area (Å²) < 4.78 is 6.99. The van der Waals surface area contributed by atoms with E-state index in [-0.39, 0.29) is 11.6 Å². The van der Waals surface area contributed by atoms with Gasteiger partial charge in [-0.3, -0.25) is 9.36 Å². The predicted octanol–water partition coefficient (Wildman–Crippen LogP) is 1.50. The number of hydrogen-bond acceptors (Lipinski definition) is 4. The topological polar surface area (TPSA) is 85.2 Å². The van der Waals surface area contributed by atoms with Crippen LogP contribution in [0, 0.1) is 0 Å². The lowest BCUT2D eigenvalue weighted by Gasteiger charge is -2.10. The molecule has 0 aliphatic heterocycles. The van der Waals surface area contributed by atoms with Gasteiger partial charge < -0.3 is 15.4 Å². The Morgan fingerprint density at radius 1 is 1.20 bits per heavy atom. The van der Waals surface area contributed by atoms with Crippen LogP contribution < -0.4 is 20.9 Å². The fourth-order valence-corrected chi connectivity index (χ4v) is 2.41. The average molecular weight is 342 g/mol. The van der Waals surface area contributed by atoms with Crippen molar-refractivity contribution < 1.29 is 9.53 Å². The minimum atomic E-state index is -0.285. The first kappa shape index (κ1) is 17.0. The maximum atomic E-state index is 12.0. The predicted molar refractivity (Wildman–Crippen MR) is 93.8 cm³/mol. The molecule has 0 atom stereocenters. The number of carbonyl (C=O) groups is 1. The van der Waals surface area contributed by atoms with E-state index in [4.69, 9.17) is 4.74 Å². The zero-order chi connectivity index (χ0) is 17.5. The lowest BCUT2D eigenvalue weighted by Crippen LogP contribution is -2.39. The number of urea groups is 1. The van der Waals surface area contributed by atoms with Crippen molar-refractivity contribution in [2.24, 2.45) is 0 Å². The Bertz CT molecular complexity index is 756. The molecule has 0 spiro atoms. The molecule has 1 aliphatic rings. The van der Waals surface area contributed by atoms with Gasteiger partial charge in [0.05, 0.1) is 18.6 Å². The van der Waals surface area contributed by atoms with Gasteiger partial charge in [-0.2, -0.15) is 0 Å². The first-order chi connectivity index (χ1) is 12.2. The van der Waals surface area contributed by atoms with Crippen molar-refractivity contribution in [3.63, 3.8) is 0 Å². The molecule has 0 unspecified atom stereocenters. The van der Waals surface area contributed by atoms with Gasteiger partial charge in [-0.25, -0.2) is 9.78 Å². The molecule has 1 saturated carbocycles. The summed E-state index contributed by atoms with van der Waals surface area (Å²) in [6.07, 6.45) is 3.79. The second kappa shape index (κ2) is 8.32. The number of para-hydroxylation sites is 1. The highest BCUT2D eigenvalue weighted by atomic mass is 16.5. The summed E-state index contributed by atoms with van der Waals surface area (Å²) in [7, 11) is 0. The lowest BCUT2D eigenvalue weighted by atomic mass is 10.3. The standard InChI is InChI=1S/C18H22N4O3/c23-17-12-16(14-6-7-14)21-13-22(17)10-8-19-18(24)20-9-11-25-15-4-2-1-3-5-15/h1-5,12-14H,6-11H2,(H2,19,20,24). The highest BCUT2D eigenvalue weighted by Crippen LogP contribution is 2.38. The fourth-order valence-electron chi connectivity index (χ4n) is 2.41. The Hall–Kier alpha value is -2.83. The first-order valence-corrected chi connectivity index (χ1v) is 8.48. The summed E-state index contributed by atoms with van der Waals surface area (Å²) in [6.45, 7) is 1.54. The van der Waals surface area contributed by atoms with Gasteiger partial charge in [-0.15, -0.1) is 0 Å². The molecule has 2 N–H and O–H groups in total. The number of nitrogens with zero attached hydrogens (tertiary/aromatic N) is 2. The minimum absolute atomic E-state index is 0.0737. The van der Waals surface area contributed by atoms with Crippen LogP contribution in [0.4, 0.5) is 4.79 Å². The zero-order valence-corrected chi connectivity index (χ0v) is 14.0. The Morgan fingerprint density at radius 3 is 2.68 bits per heavy atom. The van der Waals surface area contributed by atoms with E-state index < -0.39 is 0 Å². The fraction of sp³-hybridized carbons (Fsp3) is 0.389. The molecule has 1 aliphatic carbocycles. The van der Waals surface area contributed by atoms with Gasteiger partial charge in [0.15, 0.2) is 0 Å². The Kier molecular flexibility index (Phi) is 5.66. The van der Waals surface area contributed by atoms with E-state index in [1.54, 1.807) is 12.4 Å². The highest BCUT2D eigenvalue weighted by molar-refractivity contribution is 5.73. The van der Waals surface area contributed by atoms with Crippen LogP contribution in [0.1, 0.15) is 24.5 Å². The molecule has 3 rings (SSSR count). The third-order valence-corrected chi connectivity index (χ3v) is 3.93. The maximum Gasteiger partial charge on any atom is 0.314 e. The summed E-state index contributed by atoms with van der Waals surface area (Å²) in [5.41, 5.74) is 0.806. The molecular weight excluding hydrogens is 320 g/mol. The van der Waals surface area contributed by atoms with Crippen LogP contribution >= 0.6 is 0 Å². The molecule has 2 aromatic rings. The minimum Gasteiger partial charge on any atom is -0.492 e. The number of rotatable bonds is 8. The van der Waals surface area contributed by atoms with Crippen molar-refractivity contribution in [3.05, 3.63) is 58.8 Å². The Morgan fingerprint density at radius 2 is 1.96 bits per heavy atom. The van der Waals surface area contributed by atoms with E-state index >= 15 is 0 Å². The molecule has 0 bridgehead atoms. The number of nitrogens with one attached hydrogen (secondary N) is 2. The molecule has 1 aromatic carbocycles. The Balaban J connectivity index is 1.32. The number of hydrogen-bond donors (Lipinski definition) is 2. The van der Waals surface area contributed by atoms with Crippen LogP contribution in [-0.4, -0.2) is 35.3 Å². The van der Waals surface area contributed by atoms with Gasteiger partial charge >= 0.3 is 6.03 Å². The number of ether oxygens (including phenoxy) is 1. The number of benzene rings is 1. The quantitative estimate of drug-likeness (QED) is 0.712. The molecule has 25 heavy (non-hydrogen) atoms. The highest BCUT2D eigenvalue weighted by Gasteiger charge is 2.25. The number of carbonyl (C=O) groups excluding carboxylic acids is 1. The molecular formula is C18H22N4O3. The molecule has 1 heterocycles. The van der Waals surface area contributed by atoms with Crippen LogP contribution in [0.2, 0.25) is 0 Å². The van der Waals surface area contributed by atoms with Crippen molar-refractivity contribution in [3.8, 4) is 5.75 Å². The summed E-state index contributed by atoms with van der Waals surface area (Å²) in [5, 5.41) is 5.42. The summed E-state index contributed by atoms with van der Waals surface area (Å²) >= 11 is 0. The second-order valence-electron chi connectivity index (χ2n) is 5.96. The molecule has 0 saturated heterocycles. The third kappa shape index (κ3) is 5.34. The van der Waals surface area contributed by atoms with E-state index in [0.29, 0.717) is 32.2 Å². The largest absolute Gasteiger partial charge is 0.492 e.